The number of hydrogen-bond donors (Lipinski definition) is 2. The van der Waals surface area contributed by atoms with Crippen LogP contribution in [0.15, 0.2) is 36.4 Å². The first-order chi connectivity index (χ1) is 10.1. The minimum Gasteiger partial charge on any atom is -0.394 e. The van der Waals surface area contributed by atoms with Crippen molar-refractivity contribution in [1.29, 1.82) is 0 Å². The minimum absolute atomic E-state index is 0.233. The number of benzene rings is 2. The van der Waals surface area contributed by atoms with Gasteiger partial charge in [0.1, 0.15) is 17.5 Å². The van der Waals surface area contributed by atoms with E-state index in [9.17, 15) is 18.0 Å². The summed E-state index contributed by atoms with van der Waals surface area (Å²) in [6.45, 7) is -0.308. The van der Waals surface area contributed by atoms with Gasteiger partial charge in [-0.05, 0) is 11.1 Å². The fourth-order valence-electron chi connectivity index (χ4n) is 2.04. The zero-order chi connectivity index (χ0) is 15.4. The van der Waals surface area contributed by atoms with Crippen LogP contribution in [-0.4, -0.2) is 18.1 Å². The van der Waals surface area contributed by atoms with Gasteiger partial charge in [0, 0.05) is 12.1 Å². The van der Waals surface area contributed by atoms with Crippen LogP contribution in [0.3, 0.4) is 0 Å². The van der Waals surface area contributed by atoms with E-state index in [-0.39, 0.29) is 17.7 Å². The van der Waals surface area contributed by atoms with Crippen molar-refractivity contribution in [3.8, 4) is 11.1 Å². The van der Waals surface area contributed by atoms with Gasteiger partial charge in [0.2, 0.25) is 6.41 Å². The average molecular weight is 295 g/mol. The maximum Gasteiger partial charge on any atom is 0.207 e. The number of carbonyl (C=O) groups excluding carboxylic acids is 1. The summed E-state index contributed by atoms with van der Waals surface area (Å²) in [7, 11) is 0. The molecule has 110 valence electrons. The number of nitrogens with one attached hydrogen (secondary N) is 1. The molecule has 0 fully saturated rings. The highest BCUT2D eigenvalue weighted by atomic mass is 19.1. The second-order valence-electron chi connectivity index (χ2n) is 4.39. The Morgan fingerprint density at radius 1 is 1.10 bits per heavy atom. The van der Waals surface area contributed by atoms with E-state index >= 15 is 0 Å². The van der Waals surface area contributed by atoms with Crippen LogP contribution >= 0.6 is 0 Å². The molecule has 0 saturated carbocycles. The predicted octanol–water partition coefficient (Wildman–Crippen LogP) is 2.55. The van der Waals surface area contributed by atoms with Crippen LogP contribution in [0.2, 0.25) is 0 Å². The smallest absolute Gasteiger partial charge is 0.207 e. The molecule has 0 radical (unpaired) electrons. The second-order valence-corrected chi connectivity index (χ2v) is 4.39. The van der Waals surface area contributed by atoms with E-state index in [0.29, 0.717) is 24.1 Å². The van der Waals surface area contributed by atoms with Crippen LogP contribution in [0.4, 0.5) is 13.2 Å². The van der Waals surface area contributed by atoms with Gasteiger partial charge in [0.05, 0.1) is 18.2 Å². The molecule has 0 heterocycles. The van der Waals surface area contributed by atoms with Crippen LogP contribution in [0.25, 0.3) is 11.1 Å². The van der Waals surface area contributed by atoms with Gasteiger partial charge in [-0.3, -0.25) is 4.79 Å². The summed E-state index contributed by atoms with van der Waals surface area (Å²) in [5.41, 5.74) is 0.486. The lowest BCUT2D eigenvalue weighted by Gasteiger charge is -2.14. The summed E-state index contributed by atoms with van der Waals surface area (Å²) in [6, 6.07) is 6.53. The first kappa shape index (κ1) is 15.1. The van der Waals surface area contributed by atoms with E-state index in [1.54, 1.807) is 0 Å². The Bertz CT molecular complexity index is 621. The summed E-state index contributed by atoms with van der Waals surface area (Å²) in [4.78, 5) is 10.4. The monoisotopic (exact) mass is 295 g/mol. The Labute approximate surface area is 119 Å². The lowest BCUT2D eigenvalue weighted by Crippen LogP contribution is -2.22. The van der Waals surface area contributed by atoms with E-state index in [1.165, 1.54) is 24.3 Å². The quantitative estimate of drug-likeness (QED) is 0.833. The number of amides is 1. The molecule has 2 aromatic carbocycles. The molecule has 21 heavy (non-hydrogen) atoms. The lowest BCUT2D eigenvalue weighted by molar-refractivity contribution is -0.110. The van der Waals surface area contributed by atoms with Gasteiger partial charge in [-0.2, -0.15) is 0 Å². The molecule has 3 nitrogen and oxygen atoms in total. The highest BCUT2D eigenvalue weighted by molar-refractivity contribution is 5.65. The summed E-state index contributed by atoms with van der Waals surface area (Å²) < 4.78 is 40.2. The molecule has 6 heteroatoms. The molecule has 0 aliphatic heterocycles. The molecule has 1 unspecified atom stereocenters. The molecular weight excluding hydrogens is 283 g/mol. The Balaban J connectivity index is 2.37. The van der Waals surface area contributed by atoms with Crippen LogP contribution < -0.4 is 5.32 Å². The van der Waals surface area contributed by atoms with Crippen molar-refractivity contribution in [3.63, 3.8) is 0 Å². The molecule has 2 N–H and O–H groups in total. The van der Waals surface area contributed by atoms with Crippen molar-refractivity contribution in [3.05, 3.63) is 59.4 Å². The van der Waals surface area contributed by atoms with Gasteiger partial charge in [-0.25, -0.2) is 13.2 Å². The first-order valence-corrected chi connectivity index (χ1v) is 6.12. The van der Waals surface area contributed by atoms with Crippen molar-refractivity contribution >= 4 is 6.41 Å². The molecule has 0 aromatic heterocycles. The van der Waals surface area contributed by atoms with Gasteiger partial charge in [-0.15, -0.1) is 0 Å². The molecule has 2 aromatic rings. The molecule has 0 saturated heterocycles. The molecule has 0 spiro atoms. The molecule has 2 rings (SSSR count). The summed E-state index contributed by atoms with van der Waals surface area (Å²) in [5.74, 6) is -2.98. The van der Waals surface area contributed by atoms with E-state index in [0.717, 1.165) is 0 Å². The number of aliphatic hydroxyl groups excluding tert-OH is 1. The van der Waals surface area contributed by atoms with Crippen LogP contribution in [-0.2, 0) is 4.79 Å². The second kappa shape index (κ2) is 6.41. The Morgan fingerprint density at radius 3 is 2.14 bits per heavy atom. The number of aliphatic hydroxyl groups is 1. The molecule has 0 aliphatic rings. The SMILES string of the molecule is O=CNC(CO)c1ccc(-c2c(F)cc(F)cc2F)cc1. The van der Waals surface area contributed by atoms with Gasteiger partial charge < -0.3 is 10.4 Å². The average Bonchev–Trinajstić information content (AvgIpc) is 2.44. The third-order valence-corrected chi connectivity index (χ3v) is 3.06. The summed E-state index contributed by atoms with van der Waals surface area (Å²) in [5, 5.41) is 11.5. The molecule has 1 atom stereocenters. The number of carbonyl (C=O) groups is 1. The standard InChI is InChI=1S/C15H12F3NO2/c16-11-5-12(17)15(13(18)6-11)10-3-1-9(2-4-10)14(7-20)19-8-21/h1-6,8,14,20H,7H2,(H,19,21). The highest BCUT2D eigenvalue weighted by Gasteiger charge is 2.15. The fraction of sp³-hybridized carbons (Fsp3) is 0.133. The first-order valence-electron chi connectivity index (χ1n) is 6.12. The van der Waals surface area contributed by atoms with Crippen molar-refractivity contribution in [2.24, 2.45) is 0 Å². The van der Waals surface area contributed by atoms with E-state index in [2.05, 4.69) is 5.32 Å². The Morgan fingerprint density at radius 2 is 1.67 bits per heavy atom. The normalized spacial score (nSPS) is 12.0. The number of rotatable bonds is 5. The molecule has 0 bridgehead atoms. The van der Waals surface area contributed by atoms with Gasteiger partial charge in [-0.1, -0.05) is 24.3 Å². The Hall–Kier alpha value is -2.34. The maximum atomic E-state index is 13.7. The largest absolute Gasteiger partial charge is 0.394 e. The van der Waals surface area contributed by atoms with Crippen LogP contribution in [0.5, 0.6) is 0 Å². The Kier molecular flexibility index (Phi) is 4.59. The summed E-state index contributed by atoms with van der Waals surface area (Å²) >= 11 is 0. The highest BCUT2D eigenvalue weighted by Crippen LogP contribution is 2.28. The van der Waals surface area contributed by atoms with Crippen LogP contribution in [0.1, 0.15) is 11.6 Å². The third-order valence-electron chi connectivity index (χ3n) is 3.06. The summed E-state index contributed by atoms with van der Waals surface area (Å²) in [6.07, 6.45) is 0.452. The zero-order valence-electron chi connectivity index (χ0n) is 10.8. The van der Waals surface area contributed by atoms with Gasteiger partial charge in [0.25, 0.3) is 0 Å². The maximum absolute atomic E-state index is 13.7. The van der Waals surface area contributed by atoms with E-state index in [4.69, 9.17) is 5.11 Å². The number of halogens is 3. The van der Waals surface area contributed by atoms with Gasteiger partial charge in [0.15, 0.2) is 0 Å². The van der Waals surface area contributed by atoms with Crippen molar-refractivity contribution < 1.29 is 23.1 Å². The van der Waals surface area contributed by atoms with E-state index in [1.807, 2.05) is 0 Å². The number of hydrogen-bond acceptors (Lipinski definition) is 2. The lowest BCUT2D eigenvalue weighted by atomic mass is 10.00. The molecular formula is C15H12F3NO2. The zero-order valence-corrected chi connectivity index (χ0v) is 10.8. The predicted molar refractivity (Wildman–Crippen MR) is 70.8 cm³/mol. The van der Waals surface area contributed by atoms with Crippen molar-refractivity contribution in [1.82, 2.24) is 5.32 Å². The van der Waals surface area contributed by atoms with Crippen molar-refractivity contribution in [2.75, 3.05) is 6.61 Å². The molecule has 1 amide bonds. The fourth-order valence-corrected chi connectivity index (χ4v) is 2.04. The minimum atomic E-state index is -0.995. The van der Waals surface area contributed by atoms with Gasteiger partial charge >= 0.3 is 0 Å². The topological polar surface area (TPSA) is 49.3 Å². The van der Waals surface area contributed by atoms with Crippen molar-refractivity contribution in [2.45, 2.75) is 6.04 Å². The van der Waals surface area contributed by atoms with E-state index < -0.39 is 23.5 Å². The van der Waals surface area contributed by atoms with Crippen LogP contribution in [0, 0.1) is 17.5 Å². The third kappa shape index (κ3) is 3.22. The molecule has 0 aliphatic carbocycles.